The van der Waals surface area contributed by atoms with Gasteiger partial charge in [0.15, 0.2) is 0 Å². The van der Waals surface area contributed by atoms with Gasteiger partial charge in [-0.15, -0.1) is 0 Å². The zero-order chi connectivity index (χ0) is 13.6. The lowest BCUT2D eigenvalue weighted by Gasteiger charge is -2.30. The Hall–Kier alpha value is -0.580. The summed E-state index contributed by atoms with van der Waals surface area (Å²) in [7, 11) is 1.89. The van der Waals surface area contributed by atoms with E-state index < -0.39 is 0 Å². The average Bonchev–Trinajstić information content (AvgIpc) is 3.06. The summed E-state index contributed by atoms with van der Waals surface area (Å²) in [6.45, 7) is 2.02. The van der Waals surface area contributed by atoms with E-state index in [4.69, 9.17) is 17.4 Å². The van der Waals surface area contributed by atoms with Crippen LogP contribution in [-0.4, -0.2) is 15.8 Å². The summed E-state index contributed by atoms with van der Waals surface area (Å²) in [5.74, 6) is 8.33. The van der Waals surface area contributed by atoms with Gasteiger partial charge in [0.1, 0.15) is 5.15 Å². The Kier molecular flexibility index (Phi) is 3.58. The maximum absolute atomic E-state index is 6.33. The summed E-state index contributed by atoms with van der Waals surface area (Å²) in [4.78, 5) is 0. The Bertz CT molecular complexity index is 470. The number of rotatable bonds is 4. The molecule has 1 aromatic heterocycles. The van der Waals surface area contributed by atoms with Crippen molar-refractivity contribution in [2.45, 2.75) is 45.1 Å². The van der Waals surface area contributed by atoms with Crippen LogP contribution in [0.2, 0.25) is 5.15 Å². The number of hydrogen-bond acceptors (Lipinski definition) is 3. The first kappa shape index (κ1) is 13.4. The second-order valence-electron chi connectivity index (χ2n) is 6.29. The fourth-order valence-corrected chi connectivity index (χ4v) is 4.50. The fourth-order valence-electron chi connectivity index (χ4n) is 4.25. The highest BCUT2D eigenvalue weighted by molar-refractivity contribution is 6.30. The van der Waals surface area contributed by atoms with Gasteiger partial charge < -0.3 is 0 Å². The van der Waals surface area contributed by atoms with Crippen LogP contribution >= 0.6 is 11.6 Å². The average molecular weight is 283 g/mol. The summed E-state index contributed by atoms with van der Waals surface area (Å²) in [6, 6.07) is 0.329. The highest BCUT2D eigenvalue weighted by Crippen LogP contribution is 2.50. The molecule has 2 bridgehead atoms. The van der Waals surface area contributed by atoms with E-state index in [0.717, 1.165) is 34.7 Å². The summed E-state index contributed by atoms with van der Waals surface area (Å²) in [6.07, 6.45) is 6.43. The van der Waals surface area contributed by atoms with Crippen LogP contribution < -0.4 is 11.3 Å². The molecule has 4 atom stereocenters. The third-order valence-corrected chi connectivity index (χ3v) is 5.69. The van der Waals surface area contributed by atoms with Crippen LogP contribution in [0.25, 0.3) is 0 Å². The van der Waals surface area contributed by atoms with Crippen LogP contribution in [0, 0.1) is 24.7 Å². The number of fused-ring (bicyclic) bond motifs is 2. The summed E-state index contributed by atoms with van der Waals surface area (Å²) in [5, 5.41) is 5.14. The van der Waals surface area contributed by atoms with Crippen LogP contribution in [0.15, 0.2) is 0 Å². The lowest BCUT2D eigenvalue weighted by molar-refractivity contribution is 0.248. The molecule has 5 heteroatoms. The summed E-state index contributed by atoms with van der Waals surface area (Å²) in [5.41, 5.74) is 5.22. The van der Waals surface area contributed by atoms with Gasteiger partial charge >= 0.3 is 0 Å². The second kappa shape index (κ2) is 5.08. The third kappa shape index (κ3) is 2.30. The predicted molar refractivity (Wildman–Crippen MR) is 76.7 cm³/mol. The van der Waals surface area contributed by atoms with E-state index in [-0.39, 0.29) is 0 Å². The molecule has 1 heterocycles. The van der Waals surface area contributed by atoms with Crippen molar-refractivity contribution in [3.63, 3.8) is 0 Å². The molecular weight excluding hydrogens is 260 g/mol. The maximum Gasteiger partial charge on any atom is 0.130 e. The molecule has 1 aromatic rings. The first-order valence-corrected chi connectivity index (χ1v) is 7.62. The third-order valence-electron chi connectivity index (χ3n) is 5.22. The molecule has 4 unspecified atom stereocenters. The molecular formula is C14H23ClN4. The minimum atomic E-state index is 0.329. The molecule has 2 saturated carbocycles. The number of nitrogens with one attached hydrogen (secondary N) is 1. The Morgan fingerprint density at radius 1 is 1.47 bits per heavy atom. The lowest BCUT2D eigenvalue weighted by atomic mass is 9.81. The van der Waals surface area contributed by atoms with Crippen LogP contribution in [0.3, 0.4) is 0 Å². The predicted octanol–water partition coefficient (Wildman–Crippen LogP) is 2.19. The van der Waals surface area contributed by atoms with E-state index in [2.05, 4.69) is 10.5 Å². The molecule has 19 heavy (non-hydrogen) atoms. The second-order valence-corrected chi connectivity index (χ2v) is 6.65. The van der Waals surface area contributed by atoms with Crippen LogP contribution in [0.4, 0.5) is 0 Å². The van der Waals surface area contributed by atoms with Crippen molar-refractivity contribution in [1.29, 1.82) is 0 Å². The molecule has 0 aliphatic heterocycles. The first-order chi connectivity index (χ1) is 9.10. The Morgan fingerprint density at radius 3 is 2.74 bits per heavy atom. The minimum Gasteiger partial charge on any atom is -0.271 e. The zero-order valence-electron chi connectivity index (χ0n) is 11.7. The fraction of sp³-hybridized carbons (Fsp3) is 0.786. The molecule has 106 valence electrons. The number of hydrogen-bond donors (Lipinski definition) is 2. The van der Waals surface area contributed by atoms with Gasteiger partial charge in [-0.3, -0.25) is 16.0 Å². The monoisotopic (exact) mass is 282 g/mol. The lowest BCUT2D eigenvalue weighted by Crippen LogP contribution is -2.44. The van der Waals surface area contributed by atoms with Gasteiger partial charge in [0.2, 0.25) is 0 Å². The largest absolute Gasteiger partial charge is 0.271 e. The van der Waals surface area contributed by atoms with E-state index in [1.165, 1.54) is 25.7 Å². The van der Waals surface area contributed by atoms with E-state index in [9.17, 15) is 0 Å². The molecule has 3 rings (SSSR count). The Labute approximate surface area is 119 Å². The van der Waals surface area contributed by atoms with Gasteiger partial charge in [-0.2, -0.15) is 5.10 Å². The SMILES string of the molecule is Cc1nn(C)c(Cl)c1CC(NN)C1CC2CCC1C2. The van der Waals surface area contributed by atoms with Crippen molar-refractivity contribution in [3.8, 4) is 0 Å². The first-order valence-electron chi connectivity index (χ1n) is 7.24. The molecule has 2 fully saturated rings. The summed E-state index contributed by atoms with van der Waals surface area (Å²) >= 11 is 6.33. The number of halogens is 1. The Balaban J connectivity index is 1.76. The molecule has 3 N–H and O–H groups in total. The van der Waals surface area contributed by atoms with E-state index >= 15 is 0 Å². The Morgan fingerprint density at radius 2 is 2.26 bits per heavy atom. The highest BCUT2D eigenvalue weighted by Gasteiger charge is 2.43. The number of aryl methyl sites for hydroxylation is 2. The smallest absolute Gasteiger partial charge is 0.130 e. The molecule has 0 saturated heterocycles. The molecule has 4 nitrogen and oxygen atoms in total. The summed E-state index contributed by atoms with van der Waals surface area (Å²) < 4.78 is 1.75. The van der Waals surface area contributed by atoms with Crippen molar-refractivity contribution in [1.82, 2.24) is 15.2 Å². The zero-order valence-corrected chi connectivity index (χ0v) is 12.5. The number of nitrogens with two attached hydrogens (primary N) is 1. The quantitative estimate of drug-likeness (QED) is 0.657. The van der Waals surface area contributed by atoms with Gasteiger partial charge in [-0.25, -0.2) is 0 Å². The van der Waals surface area contributed by atoms with E-state index in [1.807, 2.05) is 14.0 Å². The number of nitrogens with zero attached hydrogens (tertiary/aromatic N) is 2. The van der Waals surface area contributed by atoms with Crippen molar-refractivity contribution >= 4 is 11.6 Å². The maximum atomic E-state index is 6.33. The van der Waals surface area contributed by atoms with Crippen LogP contribution in [0.1, 0.15) is 36.9 Å². The normalized spacial score (nSPS) is 31.1. The van der Waals surface area contributed by atoms with Crippen molar-refractivity contribution in [2.75, 3.05) is 0 Å². The van der Waals surface area contributed by atoms with Gasteiger partial charge in [-0.1, -0.05) is 18.0 Å². The van der Waals surface area contributed by atoms with Gasteiger partial charge in [0, 0.05) is 18.7 Å². The molecule has 2 aliphatic rings. The van der Waals surface area contributed by atoms with E-state index in [1.54, 1.807) is 4.68 Å². The van der Waals surface area contributed by atoms with E-state index in [0.29, 0.717) is 12.0 Å². The minimum absolute atomic E-state index is 0.329. The van der Waals surface area contributed by atoms with Gasteiger partial charge in [0.05, 0.1) is 5.69 Å². The molecule has 0 aromatic carbocycles. The molecule has 0 spiro atoms. The number of aromatic nitrogens is 2. The molecule has 0 radical (unpaired) electrons. The topological polar surface area (TPSA) is 55.9 Å². The van der Waals surface area contributed by atoms with Crippen molar-refractivity contribution < 1.29 is 0 Å². The molecule has 0 amide bonds. The van der Waals surface area contributed by atoms with Gasteiger partial charge in [0.25, 0.3) is 0 Å². The standard InChI is InChI=1S/C14H23ClN4/c1-8-11(14(15)19(2)18-8)7-13(17-16)12-6-9-3-4-10(12)5-9/h9-10,12-13,17H,3-7,16H2,1-2H3. The van der Waals surface area contributed by atoms with Crippen LogP contribution in [0.5, 0.6) is 0 Å². The van der Waals surface area contributed by atoms with Gasteiger partial charge in [-0.05, 0) is 50.4 Å². The highest BCUT2D eigenvalue weighted by atomic mass is 35.5. The number of hydrazine groups is 1. The molecule has 2 aliphatic carbocycles. The van der Waals surface area contributed by atoms with Crippen molar-refractivity contribution in [3.05, 3.63) is 16.4 Å². The van der Waals surface area contributed by atoms with Crippen LogP contribution in [-0.2, 0) is 13.5 Å². The van der Waals surface area contributed by atoms with Crippen molar-refractivity contribution in [2.24, 2.45) is 30.6 Å².